The molecule has 2 aromatic rings. The molecule has 11 heteroatoms. The fourth-order valence-electron chi connectivity index (χ4n) is 0.885. The topological polar surface area (TPSA) is 135 Å². The van der Waals surface area contributed by atoms with Crippen LogP contribution in [0.15, 0.2) is 4.63 Å². The van der Waals surface area contributed by atoms with Crippen LogP contribution in [0.2, 0.25) is 0 Å². The maximum Gasteiger partial charge on any atom is 0.446 e. The fourth-order valence-corrected chi connectivity index (χ4v) is 0.885. The second kappa shape index (κ2) is 3.28. The van der Waals surface area contributed by atoms with Crippen molar-refractivity contribution in [1.29, 1.82) is 0 Å². The number of tetrazole rings is 1. The molecule has 0 bridgehead atoms. The maximum atomic E-state index is 10.5. The van der Waals surface area contributed by atoms with E-state index >= 15 is 0 Å². The van der Waals surface area contributed by atoms with Crippen molar-refractivity contribution < 1.29 is 14.4 Å². The van der Waals surface area contributed by atoms with Crippen LogP contribution in [0.3, 0.4) is 0 Å². The molecular formula is C4H3N7O4. The monoisotopic (exact) mass is 213 g/mol. The Morgan fingerprint density at radius 2 is 2.33 bits per heavy atom. The van der Waals surface area contributed by atoms with Crippen LogP contribution in [-0.4, -0.2) is 42.7 Å². The fraction of sp³-hybridized carbons (Fsp3) is 0.250. The number of nitro groups is 1. The van der Waals surface area contributed by atoms with Crippen molar-refractivity contribution in [3.63, 3.8) is 0 Å². The number of hydrogen-bond acceptors (Lipinski definition) is 9. The molecule has 0 saturated heterocycles. The third-order valence-corrected chi connectivity index (χ3v) is 1.47. The van der Waals surface area contributed by atoms with Gasteiger partial charge in [-0.25, -0.2) is 0 Å². The Hall–Kier alpha value is -2.59. The van der Waals surface area contributed by atoms with Gasteiger partial charge in [0.1, 0.15) is 7.11 Å². The highest BCUT2D eigenvalue weighted by Crippen LogP contribution is 2.22. The van der Waals surface area contributed by atoms with Crippen LogP contribution in [0.5, 0.6) is 0 Å². The summed E-state index contributed by atoms with van der Waals surface area (Å²) in [7, 11) is 1.29. The molecule has 0 spiro atoms. The average Bonchev–Trinajstić information content (AvgIpc) is 2.85. The molecule has 11 nitrogen and oxygen atoms in total. The van der Waals surface area contributed by atoms with E-state index in [4.69, 9.17) is 4.84 Å². The third-order valence-electron chi connectivity index (χ3n) is 1.47. The SMILES string of the molecule is COn1nnnc1-c1nonc1[N+](=O)[O-]. The molecule has 0 aliphatic rings. The summed E-state index contributed by atoms with van der Waals surface area (Å²) in [5.41, 5.74) is -0.202. The molecule has 0 atom stereocenters. The molecule has 15 heavy (non-hydrogen) atoms. The molecule has 0 amide bonds. The lowest BCUT2D eigenvalue weighted by Crippen LogP contribution is -2.10. The molecule has 0 aliphatic heterocycles. The van der Waals surface area contributed by atoms with Gasteiger partial charge in [0.05, 0.1) is 0 Å². The quantitative estimate of drug-likeness (QED) is 0.449. The largest absolute Gasteiger partial charge is 0.446 e. The van der Waals surface area contributed by atoms with Gasteiger partial charge in [-0.2, -0.15) is 0 Å². The Kier molecular flexibility index (Phi) is 1.97. The minimum atomic E-state index is -0.763. The summed E-state index contributed by atoms with van der Waals surface area (Å²) in [6.45, 7) is 0. The van der Waals surface area contributed by atoms with Crippen LogP contribution >= 0.6 is 0 Å². The summed E-state index contributed by atoms with van der Waals surface area (Å²) in [6.07, 6.45) is 0. The number of nitrogens with zero attached hydrogens (tertiary/aromatic N) is 7. The van der Waals surface area contributed by atoms with Crippen LogP contribution in [0.25, 0.3) is 11.5 Å². The first kappa shape index (κ1) is 8.98. The number of rotatable bonds is 3. The van der Waals surface area contributed by atoms with Crippen LogP contribution < -0.4 is 4.84 Å². The normalized spacial score (nSPS) is 10.2. The summed E-state index contributed by atoms with van der Waals surface area (Å²) in [4.78, 5) is 15.3. The van der Waals surface area contributed by atoms with Gasteiger partial charge in [-0.05, 0) is 20.5 Å². The molecule has 0 N–H and O–H groups in total. The van der Waals surface area contributed by atoms with Crippen LogP contribution in [0.1, 0.15) is 0 Å². The Labute approximate surface area is 80.7 Å². The first-order valence-electron chi connectivity index (χ1n) is 3.54. The van der Waals surface area contributed by atoms with Crippen molar-refractivity contribution in [2.45, 2.75) is 0 Å². The van der Waals surface area contributed by atoms with E-state index in [0.717, 1.165) is 4.85 Å². The zero-order valence-electron chi connectivity index (χ0n) is 7.26. The molecule has 0 fully saturated rings. The van der Waals surface area contributed by atoms with Gasteiger partial charge >= 0.3 is 5.82 Å². The van der Waals surface area contributed by atoms with Gasteiger partial charge in [-0.15, -0.1) is 9.73 Å². The van der Waals surface area contributed by atoms with E-state index in [1.54, 1.807) is 0 Å². The second-order valence-corrected chi connectivity index (χ2v) is 2.25. The highest BCUT2D eigenvalue weighted by molar-refractivity contribution is 5.57. The lowest BCUT2D eigenvalue weighted by molar-refractivity contribution is -0.390. The first-order valence-corrected chi connectivity index (χ1v) is 3.54. The average molecular weight is 213 g/mol. The predicted octanol–water partition coefficient (Wildman–Crippen LogP) is -1.31. The molecule has 0 aromatic carbocycles. The molecule has 2 aromatic heterocycles. The molecule has 2 heterocycles. The lowest BCUT2D eigenvalue weighted by atomic mass is 10.4. The smallest absolute Gasteiger partial charge is 0.397 e. The summed E-state index contributed by atoms with van der Waals surface area (Å²) in [6, 6.07) is 0. The Balaban J connectivity index is 2.54. The summed E-state index contributed by atoms with van der Waals surface area (Å²) in [5, 5.41) is 27.0. The van der Waals surface area contributed by atoms with Crippen molar-refractivity contribution in [1.82, 2.24) is 30.7 Å². The van der Waals surface area contributed by atoms with Crippen molar-refractivity contribution >= 4 is 5.82 Å². The highest BCUT2D eigenvalue weighted by Gasteiger charge is 2.29. The molecule has 2 rings (SSSR count). The first-order chi connectivity index (χ1) is 7.24. The van der Waals surface area contributed by atoms with E-state index in [1.165, 1.54) is 7.11 Å². The van der Waals surface area contributed by atoms with E-state index in [-0.39, 0.29) is 11.5 Å². The van der Waals surface area contributed by atoms with E-state index in [1.807, 2.05) is 0 Å². The van der Waals surface area contributed by atoms with Crippen molar-refractivity contribution in [2.24, 2.45) is 0 Å². The molecule has 78 valence electrons. The Bertz CT molecular complexity index is 489. The van der Waals surface area contributed by atoms with Gasteiger partial charge in [0, 0.05) is 0 Å². The molecule has 0 radical (unpaired) electrons. The van der Waals surface area contributed by atoms with Gasteiger partial charge in [0.15, 0.2) is 5.16 Å². The van der Waals surface area contributed by atoms with E-state index in [0.29, 0.717) is 0 Å². The number of aromatic nitrogens is 6. The minimum Gasteiger partial charge on any atom is -0.397 e. The van der Waals surface area contributed by atoms with Gasteiger partial charge in [-0.1, -0.05) is 4.85 Å². The standard InChI is InChI=1S/C4H3N7O4/c1-14-10-3(5-8-9-10)2-4(11(12)13)7-15-6-2/h1H3. The van der Waals surface area contributed by atoms with Crippen molar-refractivity contribution in [2.75, 3.05) is 7.11 Å². The van der Waals surface area contributed by atoms with Gasteiger partial charge in [-0.3, -0.25) is 0 Å². The van der Waals surface area contributed by atoms with Gasteiger partial charge in [0.25, 0.3) is 11.5 Å². The van der Waals surface area contributed by atoms with E-state index in [2.05, 4.69) is 30.5 Å². The summed E-state index contributed by atoms with van der Waals surface area (Å²) >= 11 is 0. The van der Waals surface area contributed by atoms with Crippen LogP contribution in [0, 0.1) is 10.1 Å². The second-order valence-electron chi connectivity index (χ2n) is 2.25. The van der Waals surface area contributed by atoms with E-state index in [9.17, 15) is 10.1 Å². The predicted molar refractivity (Wildman–Crippen MR) is 40.3 cm³/mol. The molecule has 0 saturated carbocycles. The van der Waals surface area contributed by atoms with Gasteiger partial charge in [0.2, 0.25) is 0 Å². The van der Waals surface area contributed by atoms with Crippen molar-refractivity contribution in [3.8, 4) is 11.5 Å². The lowest BCUT2D eigenvalue weighted by Gasteiger charge is -1.96. The molecule has 0 unspecified atom stereocenters. The molecule has 0 aliphatic carbocycles. The van der Waals surface area contributed by atoms with Crippen molar-refractivity contribution in [3.05, 3.63) is 10.1 Å². The molecular weight excluding hydrogens is 210 g/mol. The van der Waals surface area contributed by atoms with Crippen LogP contribution in [-0.2, 0) is 0 Å². The highest BCUT2D eigenvalue weighted by atomic mass is 16.7. The zero-order chi connectivity index (χ0) is 10.8. The number of hydrogen-bond donors (Lipinski definition) is 0. The van der Waals surface area contributed by atoms with Gasteiger partial charge < -0.3 is 15.0 Å². The van der Waals surface area contributed by atoms with E-state index < -0.39 is 10.7 Å². The zero-order valence-corrected chi connectivity index (χ0v) is 7.26. The summed E-state index contributed by atoms with van der Waals surface area (Å²) < 4.78 is 4.22. The summed E-state index contributed by atoms with van der Waals surface area (Å²) in [5.74, 6) is -0.645. The Morgan fingerprint density at radius 1 is 1.53 bits per heavy atom. The maximum absolute atomic E-state index is 10.5. The third kappa shape index (κ3) is 1.34. The van der Waals surface area contributed by atoms with Crippen LogP contribution in [0.4, 0.5) is 5.82 Å². The Morgan fingerprint density at radius 3 is 3.00 bits per heavy atom. The minimum absolute atomic E-state index is 0.0644.